The third-order valence-corrected chi connectivity index (χ3v) is 4.85. The van der Waals surface area contributed by atoms with E-state index < -0.39 is 11.9 Å². The normalized spacial score (nSPS) is 15.7. The highest BCUT2D eigenvalue weighted by Crippen LogP contribution is 2.37. The van der Waals surface area contributed by atoms with E-state index >= 15 is 0 Å². The predicted octanol–water partition coefficient (Wildman–Crippen LogP) is 3.94. The molecule has 9 heteroatoms. The van der Waals surface area contributed by atoms with Gasteiger partial charge in [0.05, 0.1) is 6.54 Å². The fourth-order valence-corrected chi connectivity index (χ4v) is 3.47. The summed E-state index contributed by atoms with van der Waals surface area (Å²) < 4.78 is 40.2. The van der Waals surface area contributed by atoms with E-state index in [0.717, 1.165) is 9.06 Å². The predicted molar refractivity (Wildman–Crippen MR) is 73.5 cm³/mol. The van der Waals surface area contributed by atoms with Crippen LogP contribution < -0.4 is 0 Å². The second-order valence-electron chi connectivity index (χ2n) is 3.62. The zero-order chi connectivity index (χ0) is 14.0. The lowest BCUT2D eigenvalue weighted by molar-refractivity contribution is -0.141. The van der Waals surface area contributed by atoms with Crippen molar-refractivity contribution in [2.45, 2.75) is 11.9 Å². The molecule has 1 aromatic heterocycles. The van der Waals surface area contributed by atoms with Gasteiger partial charge in [0.2, 0.25) is 0 Å². The maximum absolute atomic E-state index is 12.8. The number of aliphatic imine (C=N–C) groups is 1. The van der Waals surface area contributed by atoms with E-state index in [1.165, 1.54) is 30.6 Å². The molecule has 0 atom stereocenters. The Kier molecular flexibility index (Phi) is 4.52. The molecule has 0 radical (unpaired) electrons. The highest BCUT2D eigenvalue weighted by atomic mass is 35.5. The van der Waals surface area contributed by atoms with Crippen molar-refractivity contribution in [3.8, 4) is 0 Å². The van der Waals surface area contributed by atoms with Crippen LogP contribution in [0.3, 0.4) is 0 Å². The summed E-state index contributed by atoms with van der Waals surface area (Å²) in [6, 6.07) is 0. The third kappa shape index (κ3) is 3.49. The van der Waals surface area contributed by atoms with E-state index in [-0.39, 0.29) is 16.5 Å². The average molecular weight is 328 g/mol. The lowest BCUT2D eigenvalue weighted by Gasteiger charge is -2.08. The molecule has 2 rings (SSSR count). The van der Waals surface area contributed by atoms with Crippen LogP contribution in [0.15, 0.2) is 16.5 Å². The molecule has 1 aromatic rings. The maximum Gasteiger partial charge on any atom is 0.435 e. The first-order chi connectivity index (χ1) is 8.89. The molecule has 0 bridgehead atoms. The van der Waals surface area contributed by atoms with Gasteiger partial charge in [-0.15, -0.1) is 0 Å². The molecule has 3 nitrogen and oxygen atoms in total. The van der Waals surface area contributed by atoms with Gasteiger partial charge in [-0.3, -0.25) is 9.67 Å². The lowest BCUT2D eigenvalue weighted by Crippen LogP contribution is -2.09. The Hall–Kier alpha value is -0.600. The fraction of sp³-hybridized carbons (Fsp3) is 0.400. The van der Waals surface area contributed by atoms with Crippen molar-refractivity contribution in [1.29, 1.82) is 0 Å². The minimum Gasteiger partial charge on any atom is -0.267 e. The van der Waals surface area contributed by atoms with E-state index in [1.54, 1.807) is 0 Å². The molecule has 0 amide bonds. The first-order valence-corrected chi connectivity index (χ1v) is 7.41. The second kappa shape index (κ2) is 5.80. The van der Waals surface area contributed by atoms with Gasteiger partial charge >= 0.3 is 6.18 Å². The van der Waals surface area contributed by atoms with Crippen LogP contribution in [-0.4, -0.2) is 20.7 Å². The van der Waals surface area contributed by atoms with Crippen molar-refractivity contribution in [2.75, 3.05) is 6.54 Å². The maximum atomic E-state index is 12.8. The quantitative estimate of drug-likeness (QED) is 0.824. The van der Waals surface area contributed by atoms with Crippen molar-refractivity contribution in [3.63, 3.8) is 0 Å². The van der Waals surface area contributed by atoms with Crippen LogP contribution in [0.5, 0.6) is 0 Å². The van der Waals surface area contributed by atoms with Gasteiger partial charge in [-0.05, 0) is 5.41 Å². The van der Waals surface area contributed by atoms with Crippen molar-refractivity contribution in [3.05, 3.63) is 27.9 Å². The standard InChI is InChI=1S/C10H9ClF3N3S2/c1-17-8(11)6(7(16-17)10(12,13)14)5-19-9-15-3-2-4-18-9/h2,4H,3,5H2,1H3. The molecule has 0 aliphatic carbocycles. The number of nitrogens with zero attached hydrogens (tertiary/aromatic N) is 3. The number of thioether (sulfide) groups is 2. The Bertz CT molecular complexity index is 537. The summed E-state index contributed by atoms with van der Waals surface area (Å²) in [6.07, 6.45) is -2.62. The molecule has 104 valence electrons. The Balaban J connectivity index is 2.17. The summed E-state index contributed by atoms with van der Waals surface area (Å²) in [5, 5.41) is 5.31. The van der Waals surface area contributed by atoms with Crippen LogP contribution in [0.25, 0.3) is 0 Å². The van der Waals surface area contributed by atoms with Crippen molar-refractivity contribution in [2.24, 2.45) is 12.0 Å². The average Bonchev–Trinajstić information content (AvgIpc) is 2.65. The molecule has 19 heavy (non-hydrogen) atoms. The number of rotatable bonds is 2. The summed E-state index contributed by atoms with van der Waals surface area (Å²) in [7, 11) is 1.39. The Labute approximate surface area is 121 Å². The second-order valence-corrected chi connectivity index (χ2v) is 6.10. The number of hydrogen-bond donors (Lipinski definition) is 0. The first kappa shape index (κ1) is 14.8. The van der Waals surface area contributed by atoms with Gasteiger partial charge in [0.15, 0.2) is 5.69 Å². The minimum absolute atomic E-state index is 0.000445. The highest BCUT2D eigenvalue weighted by Gasteiger charge is 2.38. The van der Waals surface area contributed by atoms with Crippen LogP contribution in [0, 0.1) is 0 Å². The topological polar surface area (TPSA) is 30.2 Å². The number of aromatic nitrogens is 2. The van der Waals surface area contributed by atoms with Crippen LogP contribution in [-0.2, 0) is 19.0 Å². The molecular weight excluding hydrogens is 319 g/mol. The van der Waals surface area contributed by atoms with Crippen LogP contribution in [0.1, 0.15) is 11.3 Å². The zero-order valence-corrected chi connectivity index (χ0v) is 12.1. The summed E-state index contributed by atoms with van der Waals surface area (Å²) >= 11 is 8.49. The molecule has 2 heterocycles. The van der Waals surface area contributed by atoms with E-state index in [4.69, 9.17) is 11.6 Å². The summed E-state index contributed by atoms with van der Waals surface area (Å²) in [5.41, 5.74) is -0.927. The SMILES string of the molecule is Cn1nc(C(F)(F)F)c(CSC2=NCC=CS2)c1Cl. The molecule has 1 aliphatic heterocycles. The van der Waals surface area contributed by atoms with Crippen molar-refractivity contribution < 1.29 is 13.2 Å². The lowest BCUT2D eigenvalue weighted by atomic mass is 10.3. The van der Waals surface area contributed by atoms with Gasteiger partial charge < -0.3 is 0 Å². The number of alkyl halides is 3. The van der Waals surface area contributed by atoms with Crippen molar-refractivity contribution in [1.82, 2.24) is 9.78 Å². The monoisotopic (exact) mass is 327 g/mol. The van der Waals surface area contributed by atoms with E-state index in [0.29, 0.717) is 6.54 Å². The Morgan fingerprint density at radius 2 is 2.26 bits per heavy atom. The van der Waals surface area contributed by atoms with Gasteiger partial charge in [0, 0.05) is 18.4 Å². The molecular formula is C10H9ClF3N3S2. The fourth-order valence-electron chi connectivity index (χ4n) is 1.43. The molecule has 0 unspecified atom stereocenters. The largest absolute Gasteiger partial charge is 0.435 e. The Morgan fingerprint density at radius 3 is 2.84 bits per heavy atom. The van der Waals surface area contributed by atoms with Gasteiger partial charge in [-0.1, -0.05) is 41.2 Å². The molecule has 0 N–H and O–H groups in total. The van der Waals surface area contributed by atoms with Crippen LogP contribution in [0.4, 0.5) is 13.2 Å². The molecule has 1 aliphatic rings. The van der Waals surface area contributed by atoms with Crippen LogP contribution in [0.2, 0.25) is 5.15 Å². The van der Waals surface area contributed by atoms with Gasteiger partial charge in [-0.2, -0.15) is 18.3 Å². The Morgan fingerprint density at radius 1 is 1.53 bits per heavy atom. The van der Waals surface area contributed by atoms with E-state index in [2.05, 4.69) is 10.1 Å². The first-order valence-electron chi connectivity index (χ1n) is 5.17. The third-order valence-electron chi connectivity index (χ3n) is 2.27. The van der Waals surface area contributed by atoms with Crippen LogP contribution >= 0.6 is 35.1 Å². The minimum atomic E-state index is -4.50. The molecule has 0 aromatic carbocycles. The molecule has 0 saturated carbocycles. The summed E-state index contributed by atoms with van der Waals surface area (Å²) in [5.74, 6) is 0.0984. The van der Waals surface area contributed by atoms with Gasteiger partial charge in [0.1, 0.15) is 9.53 Å². The summed E-state index contributed by atoms with van der Waals surface area (Å²) in [6.45, 7) is 0.558. The number of aryl methyl sites for hydroxylation is 1. The van der Waals surface area contributed by atoms with E-state index in [1.807, 2.05) is 11.5 Å². The highest BCUT2D eigenvalue weighted by molar-refractivity contribution is 8.39. The van der Waals surface area contributed by atoms with Crippen molar-refractivity contribution >= 4 is 39.5 Å². The zero-order valence-electron chi connectivity index (χ0n) is 9.74. The smallest absolute Gasteiger partial charge is 0.267 e. The molecule has 0 spiro atoms. The molecule has 0 saturated heterocycles. The summed E-state index contributed by atoms with van der Waals surface area (Å²) in [4.78, 5) is 4.18. The number of hydrogen-bond acceptors (Lipinski definition) is 4. The van der Waals surface area contributed by atoms with Gasteiger partial charge in [0.25, 0.3) is 0 Å². The van der Waals surface area contributed by atoms with Gasteiger partial charge in [-0.25, -0.2) is 0 Å². The number of halogens is 4. The molecule has 0 fully saturated rings. The van der Waals surface area contributed by atoms with E-state index in [9.17, 15) is 13.2 Å².